The van der Waals surface area contributed by atoms with Crippen molar-refractivity contribution in [3.63, 3.8) is 0 Å². The lowest BCUT2D eigenvalue weighted by Crippen LogP contribution is -2.47. The molecule has 2 fully saturated rings. The topological polar surface area (TPSA) is 38.8 Å². The lowest BCUT2D eigenvalue weighted by atomic mass is 10.0. The Morgan fingerprint density at radius 2 is 2.05 bits per heavy atom. The molecule has 2 atom stereocenters. The van der Waals surface area contributed by atoms with Crippen LogP contribution in [0.2, 0.25) is 0 Å². The normalized spacial score (nSPS) is 25.2. The summed E-state index contributed by atoms with van der Waals surface area (Å²) in [6, 6.07) is 10.2. The van der Waals surface area contributed by atoms with Crippen molar-refractivity contribution in [3.8, 4) is 0 Å². The van der Waals surface area contributed by atoms with Gasteiger partial charge in [-0.25, -0.2) is 0 Å². The molecule has 0 N–H and O–H groups in total. The molecule has 0 spiro atoms. The number of ether oxygens (including phenoxy) is 2. The number of benzene rings is 1. The summed E-state index contributed by atoms with van der Waals surface area (Å²) in [5.74, 6) is 0.817. The minimum atomic E-state index is -0.00315. The molecule has 1 amide bonds. The number of morpholine rings is 1. The molecule has 1 saturated carbocycles. The van der Waals surface area contributed by atoms with Gasteiger partial charge >= 0.3 is 0 Å². The van der Waals surface area contributed by atoms with Crippen molar-refractivity contribution in [2.45, 2.75) is 38.4 Å². The summed E-state index contributed by atoms with van der Waals surface area (Å²) in [6.07, 6.45) is 3.11. The van der Waals surface area contributed by atoms with Gasteiger partial charge in [0.1, 0.15) is 6.10 Å². The summed E-state index contributed by atoms with van der Waals surface area (Å²) in [5, 5.41) is 0. The second-order valence-corrected chi connectivity index (χ2v) is 6.16. The molecule has 1 aliphatic carbocycles. The highest BCUT2D eigenvalue weighted by Crippen LogP contribution is 2.39. The second-order valence-electron chi connectivity index (χ2n) is 6.16. The van der Waals surface area contributed by atoms with Gasteiger partial charge in [0.2, 0.25) is 5.91 Å². The first-order valence-electron chi connectivity index (χ1n) is 8.34. The number of nitrogens with zero attached hydrogens (tertiary/aromatic N) is 1. The van der Waals surface area contributed by atoms with E-state index in [2.05, 4.69) is 12.1 Å². The third-order valence-electron chi connectivity index (χ3n) is 4.46. The van der Waals surface area contributed by atoms with Crippen molar-refractivity contribution in [3.05, 3.63) is 35.9 Å². The molecule has 1 heterocycles. The molecule has 22 heavy (non-hydrogen) atoms. The molecule has 1 aliphatic heterocycles. The third kappa shape index (κ3) is 3.87. The average Bonchev–Trinajstić information content (AvgIpc) is 3.40. The molecule has 0 unspecified atom stereocenters. The molecular formula is C18H25NO3. The molecule has 0 bridgehead atoms. The highest BCUT2D eigenvalue weighted by Gasteiger charge is 2.39. The van der Waals surface area contributed by atoms with Crippen LogP contribution in [0.25, 0.3) is 0 Å². The maximum Gasteiger partial charge on any atom is 0.225 e. The molecule has 4 nitrogen and oxygen atoms in total. The lowest BCUT2D eigenvalue weighted by molar-refractivity contribution is -0.149. The lowest BCUT2D eigenvalue weighted by Gasteiger charge is -2.38. The quantitative estimate of drug-likeness (QED) is 0.759. The van der Waals surface area contributed by atoms with Crippen LogP contribution in [0.4, 0.5) is 0 Å². The molecule has 1 aromatic carbocycles. The van der Waals surface area contributed by atoms with Gasteiger partial charge in [-0.1, -0.05) is 30.3 Å². The molecule has 3 rings (SSSR count). The number of amides is 1. The van der Waals surface area contributed by atoms with E-state index < -0.39 is 0 Å². The minimum Gasteiger partial charge on any atom is -0.381 e. The van der Waals surface area contributed by atoms with Crippen molar-refractivity contribution >= 4 is 5.91 Å². The predicted molar refractivity (Wildman–Crippen MR) is 84.5 cm³/mol. The van der Waals surface area contributed by atoms with Gasteiger partial charge in [-0.05, 0) is 31.2 Å². The van der Waals surface area contributed by atoms with E-state index in [9.17, 15) is 4.79 Å². The first-order chi connectivity index (χ1) is 10.8. The van der Waals surface area contributed by atoms with Crippen LogP contribution in [-0.4, -0.2) is 43.2 Å². The van der Waals surface area contributed by atoms with E-state index in [1.165, 1.54) is 12.8 Å². The fraction of sp³-hybridized carbons (Fsp3) is 0.611. The van der Waals surface area contributed by atoms with Crippen LogP contribution in [0.1, 0.15) is 37.9 Å². The van der Waals surface area contributed by atoms with Gasteiger partial charge < -0.3 is 14.4 Å². The molecule has 120 valence electrons. The number of carbonyl (C=O) groups excluding carboxylic acids is 1. The zero-order chi connectivity index (χ0) is 15.4. The van der Waals surface area contributed by atoms with Crippen molar-refractivity contribution in [1.82, 2.24) is 4.90 Å². The van der Waals surface area contributed by atoms with Crippen LogP contribution in [0.5, 0.6) is 0 Å². The van der Waals surface area contributed by atoms with Gasteiger partial charge in [0.05, 0.1) is 25.7 Å². The predicted octanol–water partition coefficient (Wildman–Crippen LogP) is 2.79. The molecule has 0 radical (unpaired) electrons. The molecule has 0 aromatic heterocycles. The largest absolute Gasteiger partial charge is 0.381 e. The van der Waals surface area contributed by atoms with E-state index in [1.807, 2.05) is 30.0 Å². The Labute approximate surface area is 132 Å². The van der Waals surface area contributed by atoms with E-state index in [4.69, 9.17) is 9.47 Å². The van der Waals surface area contributed by atoms with E-state index in [0.717, 1.165) is 12.1 Å². The van der Waals surface area contributed by atoms with Crippen molar-refractivity contribution in [2.24, 2.45) is 5.92 Å². The Hall–Kier alpha value is -1.39. The first-order valence-corrected chi connectivity index (χ1v) is 8.34. The van der Waals surface area contributed by atoms with Crippen molar-refractivity contribution < 1.29 is 14.3 Å². The monoisotopic (exact) mass is 303 g/mol. The number of carbonyl (C=O) groups is 1. The van der Waals surface area contributed by atoms with Gasteiger partial charge in [0, 0.05) is 13.2 Å². The molecule has 1 saturated heterocycles. The van der Waals surface area contributed by atoms with E-state index in [1.54, 1.807) is 0 Å². The summed E-state index contributed by atoms with van der Waals surface area (Å²) in [6.45, 7) is 4.51. The van der Waals surface area contributed by atoms with Crippen molar-refractivity contribution in [2.75, 3.05) is 26.3 Å². The van der Waals surface area contributed by atoms with Crippen LogP contribution in [-0.2, 0) is 14.3 Å². The van der Waals surface area contributed by atoms with E-state index in [-0.39, 0.29) is 18.1 Å². The third-order valence-corrected chi connectivity index (χ3v) is 4.46. The highest BCUT2D eigenvalue weighted by atomic mass is 16.5. The summed E-state index contributed by atoms with van der Waals surface area (Å²) >= 11 is 0. The Bertz CT molecular complexity index is 486. The van der Waals surface area contributed by atoms with Crippen LogP contribution >= 0.6 is 0 Å². The molecule has 4 heteroatoms. The van der Waals surface area contributed by atoms with Crippen LogP contribution in [0.3, 0.4) is 0 Å². The molecular weight excluding hydrogens is 278 g/mol. The van der Waals surface area contributed by atoms with Gasteiger partial charge in [0.25, 0.3) is 0 Å². The first kappa shape index (κ1) is 15.5. The maximum absolute atomic E-state index is 12.4. The summed E-state index contributed by atoms with van der Waals surface area (Å²) in [7, 11) is 0. The second kappa shape index (κ2) is 7.25. The van der Waals surface area contributed by atoms with Gasteiger partial charge in [-0.3, -0.25) is 4.79 Å². The zero-order valence-corrected chi connectivity index (χ0v) is 13.2. The van der Waals surface area contributed by atoms with Crippen LogP contribution < -0.4 is 0 Å². The highest BCUT2D eigenvalue weighted by molar-refractivity contribution is 5.76. The van der Waals surface area contributed by atoms with Gasteiger partial charge in [-0.15, -0.1) is 0 Å². The van der Waals surface area contributed by atoms with E-state index >= 15 is 0 Å². The standard InChI is InChI=1S/C18H25NO3/c1-2-21-11-10-18(20)19-12-16(14-6-4-3-5-7-14)22-17(13-19)15-8-9-15/h3-7,15-17H,2,8-13H2,1H3/t16-,17+/m0/s1. The summed E-state index contributed by atoms with van der Waals surface area (Å²) in [4.78, 5) is 14.4. The number of rotatable bonds is 6. The summed E-state index contributed by atoms with van der Waals surface area (Å²) in [5.41, 5.74) is 1.16. The fourth-order valence-electron chi connectivity index (χ4n) is 3.03. The molecule has 2 aliphatic rings. The van der Waals surface area contributed by atoms with Crippen molar-refractivity contribution in [1.29, 1.82) is 0 Å². The zero-order valence-electron chi connectivity index (χ0n) is 13.2. The Kier molecular flexibility index (Phi) is 5.11. The Balaban J connectivity index is 1.66. The average molecular weight is 303 g/mol. The minimum absolute atomic E-state index is 0.00315. The van der Waals surface area contributed by atoms with Crippen LogP contribution in [0, 0.1) is 5.92 Å². The SMILES string of the molecule is CCOCCC(=O)N1C[C@@H](c2ccccc2)O[C@@H](C2CC2)C1. The summed E-state index contributed by atoms with van der Waals surface area (Å²) < 4.78 is 11.6. The fourth-order valence-corrected chi connectivity index (χ4v) is 3.03. The molecule has 1 aromatic rings. The maximum atomic E-state index is 12.4. The number of hydrogen-bond donors (Lipinski definition) is 0. The van der Waals surface area contributed by atoms with E-state index in [0.29, 0.717) is 32.1 Å². The Morgan fingerprint density at radius 1 is 1.27 bits per heavy atom. The Morgan fingerprint density at radius 3 is 2.73 bits per heavy atom. The smallest absolute Gasteiger partial charge is 0.225 e. The number of hydrogen-bond acceptors (Lipinski definition) is 3. The van der Waals surface area contributed by atoms with Crippen LogP contribution in [0.15, 0.2) is 30.3 Å². The van der Waals surface area contributed by atoms with Gasteiger partial charge in [0.15, 0.2) is 0 Å². The van der Waals surface area contributed by atoms with Gasteiger partial charge in [-0.2, -0.15) is 0 Å².